The molecule has 0 radical (unpaired) electrons. The van der Waals surface area contributed by atoms with Crippen LogP contribution in [0.3, 0.4) is 0 Å². The Kier molecular flexibility index (Phi) is 3.16. The monoisotopic (exact) mass is 286 g/mol. The van der Waals surface area contributed by atoms with Gasteiger partial charge in [-0.25, -0.2) is 4.98 Å². The summed E-state index contributed by atoms with van der Waals surface area (Å²) in [5.41, 5.74) is 3.32. The number of nitrogens with zero attached hydrogens (tertiary/aromatic N) is 1. The Morgan fingerprint density at radius 1 is 1.20 bits per heavy atom. The van der Waals surface area contributed by atoms with E-state index in [1.807, 2.05) is 24.3 Å². The third kappa shape index (κ3) is 2.51. The molecule has 1 heterocycles. The van der Waals surface area contributed by atoms with E-state index in [0.29, 0.717) is 5.02 Å². The molecular weight excluding hydrogens is 276 g/mol. The number of rotatable bonds is 3. The zero-order valence-electron chi connectivity index (χ0n) is 10.4. The maximum Gasteiger partial charge on any atom is 0.307 e. The molecule has 0 amide bonds. The second-order valence-electron chi connectivity index (χ2n) is 4.51. The maximum absolute atomic E-state index is 10.7. The van der Waals surface area contributed by atoms with Crippen LogP contribution in [0.1, 0.15) is 5.56 Å². The van der Waals surface area contributed by atoms with Gasteiger partial charge in [0.25, 0.3) is 0 Å². The van der Waals surface area contributed by atoms with E-state index in [-0.39, 0.29) is 6.42 Å². The Hall–Kier alpha value is -2.33. The SMILES string of the molecule is O=C(O)Cc1ccc2nc(-c3ccc(Cl)cc3)[nH]c2c1. The molecule has 2 N–H and O–H groups in total. The van der Waals surface area contributed by atoms with Crippen LogP contribution in [-0.4, -0.2) is 21.0 Å². The minimum absolute atomic E-state index is 0.00520. The van der Waals surface area contributed by atoms with Crippen LogP contribution in [0.2, 0.25) is 5.02 Å². The summed E-state index contributed by atoms with van der Waals surface area (Å²) in [6.07, 6.45) is 0.00520. The first-order chi connectivity index (χ1) is 9.61. The van der Waals surface area contributed by atoms with Crippen LogP contribution < -0.4 is 0 Å². The van der Waals surface area contributed by atoms with Crippen molar-refractivity contribution in [2.24, 2.45) is 0 Å². The summed E-state index contributed by atoms with van der Waals surface area (Å²) < 4.78 is 0. The molecule has 1 aromatic heterocycles. The Bertz CT molecular complexity index is 778. The third-order valence-electron chi connectivity index (χ3n) is 3.02. The van der Waals surface area contributed by atoms with Crippen molar-refractivity contribution in [2.75, 3.05) is 0 Å². The Labute approximate surface area is 120 Å². The lowest BCUT2D eigenvalue weighted by Gasteiger charge is -1.96. The van der Waals surface area contributed by atoms with Crippen LogP contribution in [0.5, 0.6) is 0 Å². The van der Waals surface area contributed by atoms with E-state index in [1.54, 1.807) is 18.2 Å². The van der Waals surface area contributed by atoms with Gasteiger partial charge in [-0.05, 0) is 42.0 Å². The number of hydrogen-bond acceptors (Lipinski definition) is 2. The number of H-pyrrole nitrogens is 1. The van der Waals surface area contributed by atoms with Gasteiger partial charge in [0.15, 0.2) is 0 Å². The smallest absolute Gasteiger partial charge is 0.307 e. The van der Waals surface area contributed by atoms with Crippen LogP contribution in [0.4, 0.5) is 0 Å². The molecule has 0 saturated carbocycles. The summed E-state index contributed by atoms with van der Waals surface area (Å²) in [4.78, 5) is 18.4. The number of aliphatic carboxylic acids is 1. The van der Waals surface area contributed by atoms with Crippen molar-refractivity contribution in [1.82, 2.24) is 9.97 Å². The fourth-order valence-electron chi connectivity index (χ4n) is 2.09. The lowest BCUT2D eigenvalue weighted by molar-refractivity contribution is -0.136. The first kappa shape index (κ1) is 12.7. The molecule has 0 aliphatic rings. The molecule has 0 saturated heterocycles. The first-order valence-corrected chi connectivity index (χ1v) is 6.46. The highest BCUT2D eigenvalue weighted by molar-refractivity contribution is 6.30. The fourth-order valence-corrected chi connectivity index (χ4v) is 2.21. The number of carboxylic acid groups (broad SMARTS) is 1. The van der Waals surface area contributed by atoms with Gasteiger partial charge in [0, 0.05) is 10.6 Å². The first-order valence-electron chi connectivity index (χ1n) is 6.08. The Balaban J connectivity index is 2.01. The van der Waals surface area contributed by atoms with E-state index in [9.17, 15) is 4.79 Å². The summed E-state index contributed by atoms with van der Waals surface area (Å²) >= 11 is 5.86. The highest BCUT2D eigenvalue weighted by Crippen LogP contribution is 2.22. The van der Waals surface area contributed by atoms with E-state index in [0.717, 1.165) is 28.0 Å². The lowest BCUT2D eigenvalue weighted by Crippen LogP contribution is -1.99. The average Bonchev–Trinajstić information content (AvgIpc) is 2.81. The van der Waals surface area contributed by atoms with Crippen molar-refractivity contribution in [3.05, 3.63) is 53.1 Å². The molecule has 0 aliphatic carbocycles. The molecule has 3 aromatic rings. The average molecular weight is 287 g/mol. The van der Waals surface area contributed by atoms with E-state index in [4.69, 9.17) is 16.7 Å². The van der Waals surface area contributed by atoms with Crippen molar-refractivity contribution in [1.29, 1.82) is 0 Å². The molecule has 5 heteroatoms. The zero-order chi connectivity index (χ0) is 14.1. The number of carbonyl (C=O) groups is 1. The minimum Gasteiger partial charge on any atom is -0.481 e. The van der Waals surface area contributed by atoms with Crippen LogP contribution in [-0.2, 0) is 11.2 Å². The van der Waals surface area contributed by atoms with Gasteiger partial charge in [0.05, 0.1) is 17.5 Å². The van der Waals surface area contributed by atoms with E-state index in [2.05, 4.69) is 9.97 Å². The molecule has 4 nitrogen and oxygen atoms in total. The molecule has 0 bridgehead atoms. The van der Waals surface area contributed by atoms with Crippen molar-refractivity contribution >= 4 is 28.6 Å². The molecule has 0 aliphatic heterocycles. The number of nitrogens with one attached hydrogen (secondary N) is 1. The van der Waals surface area contributed by atoms with Gasteiger partial charge in [0.1, 0.15) is 5.82 Å². The van der Waals surface area contributed by atoms with Crippen molar-refractivity contribution in [3.63, 3.8) is 0 Å². The number of aromatic nitrogens is 2. The summed E-state index contributed by atoms with van der Waals surface area (Å²) in [6.45, 7) is 0. The van der Waals surface area contributed by atoms with Crippen LogP contribution in [0.15, 0.2) is 42.5 Å². The van der Waals surface area contributed by atoms with E-state index >= 15 is 0 Å². The molecule has 2 aromatic carbocycles. The topological polar surface area (TPSA) is 66.0 Å². The number of benzene rings is 2. The van der Waals surface area contributed by atoms with Crippen LogP contribution in [0.25, 0.3) is 22.4 Å². The molecule has 0 fully saturated rings. The molecule has 0 atom stereocenters. The lowest BCUT2D eigenvalue weighted by atomic mass is 10.1. The van der Waals surface area contributed by atoms with Gasteiger partial charge < -0.3 is 10.1 Å². The summed E-state index contributed by atoms with van der Waals surface area (Å²) in [7, 11) is 0. The number of fused-ring (bicyclic) bond motifs is 1. The molecule has 0 spiro atoms. The van der Waals surface area contributed by atoms with Gasteiger partial charge >= 0.3 is 5.97 Å². The maximum atomic E-state index is 10.7. The number of imidazole rings is 1. The molecule has 20 heavy (non-hydrogen) atoms. The summed E-state index contributed by atoms with van der Waals surface area (Å²) in [5, 5.41) is 9.48. The van der Waals surface area contributed by atoms with Crippen molar-refractivity contribution in [2.45, 2.75) is 6.42 Å². The number of aromatic amines is 1. The van der Waals surface area contributed by atoms with Crippen LogP contribution in [0, 0.1) is 0 Å². The van der Waals surface area contributed by atoms with E-state index < -0.39 is 5.97 Å². The van der Waals surface area contributed by atoms with Crippen LogP contribution >= 0.6 is 11.6 Å². The van der Waals surface area contributed by atoms with Gasteiger partial charge in [-0.2, -0.15) is 0 Å². The molecule has 100 valence electrons. The standard InChI is InChI=1S/C15H11ClN2O2/c16-11-4-2-10(3-5-11)15-17-12-6-1-9(8-14(19)20)7-13(12)18-15/h1-7H,8H2,(H,17,18)(H,19,20). The van der Waals surface area contributed by atoms with Gasteiger partial charge in [0.2, 0.25) is 0 Å². The number of hydrogen-bond donors (Lipinski definition) is 2. The number of halogens is 1. The largest absolute Gasteiger partial charge is 0.481 e. The number of carboxylic acids is 1. The highest BCUT2D eigenvalue weighted by Gasteiger charge is 2.07. The zero-order valence-corrected chi connectivity index (χ0v) is 11.2. The quantitative estimate of drug-likeness (QED) is 0.774. The van der Waals surface area contributed by atoms with Gasteiger partial charge in [-0.15, -0.1) is 0 Å². The predicted molar refractivity (Wildman–Crippen MR) is 77.9 cm³/mol. The second kappa shape index (κ2) is 4.98. The third-order valence-corrected chi connectivity index (χ3v) is 3.27. The molecule has 0 unspecified atom stereocenters. The Morgan fingerprint density at radius 2 is 1.95 bits per heavy atom. The Morgan fingerprint density at radius 3 is 2.65 bits per heavy atom. The van der Waals surface area contributed by atoms with Gasteiger partial charge in [-0.3, -0.25) is 4.79 Å². The summed E-state index contributed by atoms with van der Waals surface area (Å²) in [6, 6.07) is 12.8. The minimum atomic E-state index is -0.846. The summed E-state index contributed by atoms with van der Waals surface area (Å²) in [5.74, 6) is -0.106. The molecule has 3 rings (SSSR count). The highest BCUT2D eigenvalue weighted by atomic mass is 35.5. The second-order valence-corrected chi connectivity index (χ2v) is 4.95. The van der Waals surface area contributed by atoms with Crippen molar-refractivity contribution in [3.8, 4) is 11.4 Å². The fraction of sp³-hybridized carbons (Fsp3) is 0.0667. The predicted octanol–water partition coefficient (Wildman–Crippen LogP) is 3.51. The van der Waals surface area contributed by atoms with Crippen molar-refractivity contribution < 1.29 is 9.90 Å². The van der Waals surface area contributed by atoms with Gasteiger partial charge in [-0.1, -0.05) is 17.7 Å². The normalized spacial score (nSPS) is 10.8. The van der Waals surface area contributed by atoms with E-state index in [1.165, 1.54) is 0 Å². The molecular formula is C15H11ClN2O2.